The van der Waals surface area contributed by atoms with Gasteiger partial charge in [-0.3, -0.25) is 10.8 Å². The molecule has 2 rings (SSSR count). The molecule has 1 atom stereocenters. The summed E-state index contributed by atoms with van der Waals surface area (Å²) in [5.41, 5.74) is 7.30. The fourth-order valence-corrected chi connectivity index (χ4v) is 1.88. The van der Waals surface area contributed by atoms with Crippen molar-refractivity contribution in [2.75, 3.05) is 0 Å². The smallest absolute Gasteiger partial charge is 0.0725 e. The lowest BCUT2D eigenvalue weighted by Crippen LogP contribution is -2.29. The summed E-state index contributed by atoms with van der Waals surface area (Å²) < 4.78 is 0. The van der Waals surface area contributed by atoms with Gasteiger partial charge in [-0.25, -0.2) is 5.43 Å². The van der Waals surface area contributed by atoms with Crippen LogP contribution in [0.3, 0.4) is 0 Å². The maximum Gasteiger partial charge on any atom is 0.0725 e. The number of hydrazine groups is 1. The van der Waals surface area contributed by atoms with Crippen molar-refractivity contribution in [3.63, 3.8) is 0 Å². The van der Waals surface area contributed by atoms with Gasteiger partial charge in [0.15, 0.2) is 0 Å². The van der Waals surface area contributed by atoms with E-state index in [2.05, 4.69) is 41.6 Å². The highest BCUT2D eigenvalue weighted by molar-refractivity contribution is 5.32. The van der Waals surface area contributed by atoms with Crippen LogP contribution in [0.25, 0.3) is 0 Å². The normalized spacial score (nSPS) is 12.4. The molecule has 3 nitrogen and oxygen atoms in total. The molecule has 0 aliphatic rings. The lowest BCUT2D eigenvalue weighted by molar-refractivity contribution is 0.634. The van der Waals surface area contributed by atoms with Crippen LogP contribution in [0.2, 0.25) is 0 Å². The van der Waals surface area contributed by atoms with E-state index in [4.69, 9.17) is 5.84 Å². The zero-order chi connectivity index (χ0) is 12.3. The van der Waals surface area contributed by atoms with Gasteiger partial charge in [0.1, 0.15) is 0 Å². The Morgan fingerprint density at radius 2 is 1.94 bits per heavy atom. The quantitative estimate of drug-likeness (QED) is 0.624. The number of nitrogens with one attached hydrogen (secondary N) is 1. The molecule has 0 saturated carbocycles. The molecular weight excluding hydrogens is 210 g/mol. The summed E-state index contributed by atoms with van der Waals surface area (Å²) in [6.45, 7) is 4.05. The number of hydrogen-bond donors (Lipinski definition) is 2. The number of benzene rings is 1. The Morgan fingerprint density at radius 3 is 2.53 bits per heavy atom. The van der Waals surface area contributed by atoms with Crippen LogP contribution in [0.1, 0.15) is 28.4 Å². The predicted molar refractivity (Wildman–Crippen MR) is 69.3 cm³/mol. The standard InChI is InChI=1S/C14H17N3/c1-10-4-3-5-12(8-10)14(17-15)13-7-6-11(2)16-9-13/h3-9,14,17H,15H2,1-2H3. The van der Waals surface area contributed by atoms with Crippen molar-refractivity contribution in [3.8, 4) is 0 Å². The Labute approximate surface area is 102 Å². The number of rotatable bonds is 3. The van der Waals surface area contributed by atoms with E-state index in [1.165, 1.54) is 5.56 Å². The van der Waals surface area contributed by atoms with Gasteiger partial charge in [0.25, 0.3) is 0 Å². The Balaban J connectivity index is 2.36. The molecular formula is C14H17N3. The average molecular weight is 227 g/mol. The lowest BCUT2D eigenvalue weighted by atomic mass is 9.99. The van der Waals surface area contributed by atoms with E-state index in [-0.39, 0.29) is 6.04 Å². The van der Waals surface area contributed by atoms with Crippen molar-refractivity contribution in [1.82, 2.24) is 10.4 Å². The van der Waals surface area contributed by atoms with E-state index >= 15 is 0 Å². The number of nitrogens with zero attached hydrogens (tertiary/aromatic N) is 1. The average Bonchev–Trinajstić information content (AvgIpc) is 2.33. The van der Waals surface area contributed by atoms with Gasteiger partial charge in [-0.05, 0) is 31.0 Å². The molecule has 3 N–H and O–H groups in total. The van der Waals surface area contributed by atoms with Gasteiger partial charge < -0.3 is 0 Å². The van der Waals surface area contributed by atoms with Gasteiger partial charge in [-0.1, -0.05) is 35.9 Å². The van der Waals surface area contributed by atoms with Crippen LogP contribution in [-0.2, 0) is 0 Å². The second-order valence-electron chi connectivity index (χ2n) is 4.25. The van der Waals surface area contributed by atoms with E-state index in [0.717, 1.165) is 16.8 Å². The third kappa shape index (κ3) is 2.70. The van der Waals surface area contributed by atoms with Crippen LogP contribution in [0.5, 0.6) is 0 Å². The molecule has 1 aromatic heterocycles. The molecule has 1 heterocycles. The second-order valence-corrected chi connectivity index (χ2v) is 4.25. The van der Waals surface area contributed by atoms with Crippen molar-refractivity contribution >= 4 is 0 Å². The van der Waals surface area contributed by atoms with Gasteiger partial charge in [0.05, 0.1) is 6.04 Å². The molecule has 0 amide bonds. The predicted octanol–water partition coefficient (Wildman–Crippen LogP) is 2.25. The first kappa shape index (κ1) is 11.8. The molecule has 0 fully saturated rings. The van der Waals surface area contributed by atoms with Crippen molar-refractivity contribution < 1.29 is 0 Å². The molecule has 0 bridgehead atoms. The molecule has 1 aromatic carbocycles. The molecule has 2 aromatic rings. The first-order chi connectivity index (χ1) is 8.20. The van der Waals surface area contributed by atoms with E-state index in [9.17, 15) is 0 Å². The first-order valence-corrected chi connectivity index (χ1v) is 5.66. The van der Waals surface area contributed by atoms with Crippen molar-refractivity contribution in [3.05, 3.63) is 65.0 Å². The maximum absolute atomic E-state index is 5.65. The molecule has 0 spiro atoms. The number of aromatic nitrogens is 1. The molecule has 0 aliphatic heterocycles. The van der Waals surface area contributed by atoms with Crippen LogP contribution in [0.4, 0.5) is 0 Å². The number of nitrogens with two attached hydrogens (primary N) is 1. The summed E-state index contributed by atoms with van der Waals surface area (Å²) in [6, 6.07) is 12.3. The monoisotopic (exact) mass is 227 g/mol. The zero-order valence-corrected chi connectivity index (χ0v) is 10.1. The largest absolute Gasteiger partial charge is 0.271 e. The van der Waals surface area contributed by atoms with Gasteiger partial charge in [-0.2, -0.15) is 0 Å². The van der Waals surface area contributed by atoms with Crippen molar-refractivity contribution in [1.29, 1.82) is 0 Å². The Hall–Kier alpha value is -1.71. The molecule has 17 heavy (non-hydrogen) atoms. The molecule has 1 unspecified atom stereocenters. The minimum Gasteiger partial charge on any atom is -0.271 e. The lowest BCUT2D eigenvalue weighted by Gasteiger charge is -2.17. The molecule has 3 heteroatoms. The maximum atomic E-state index is 5.65. The van der Waals surface area contributed by atoms with E-state index < -0.39 is 0 Å². The van der Waals surface area contributed by atoms with Gasteiger partial charge in [-0.15, -0.1) is 0 Å². The summed E-state index contributed by atoms with van der Waals surface area (Å²) in [7, 11) is 0. The van der Waals surface area contributed by atoms with Crippen molar-refractivity contribution in [2.24, 2.45) is 5.84 Å². The summed E-state index contributed by atoms with van der Waals surface area (Å²) in [5, 5.41) is 0. The topological polar surface area (TPSA) is 50.9 Å². The molecule has 0 radical (unpaired) electrons. The number of aryl methyl sites for hydroxylation is 2. The second kappa shape index (κ2) is 5.08. The van der Waals surface area contributed by atoms with E-state index in [1.54, 1.807) is 0 Å². The van der Waals surface area contributed by atoms with Crippen molar-refractivity contribution in [2.45, 2.75) is 19.9 Å². The fourth-order valence-electron chi connectivity index (χ4n) is 1.88. The highest BCUT2D eigenvalue weighted by Gasteiger charge is 2.12. The minimum atomic E-state index is -0.0111. The van der Waals surface area contributed by atoms with Crippen LogP contribution >= 0.6 is 0 Å². The zero-order valence-electron chi connectivity index (χ0n) is 10.1. The van der Waals surface area contributed by atoms with E-state index in [1.807, 2.05) is 25.3 Å². The molecule has 0 aliphatic carbocycles. The summed E-state index contributed by atoms with van der Waals surface area (Å²) in [4.78, 5) is 4.30. The summed E-state index contributed by atoms with van der Waals surface area (Å²) in [6.07, 6.45) is 1.86. The van der Waals surface area contributed by atoms with Crippen LogP contribution in [0.15, 0.2) is 42.6 Å². The van der Waals surface area contributed by atoms with Gasteiger partial charge in [0.2, 0.25) is 0 Å². The van der Waals surface area contributed by atoms with Gasteiger partial charge in [0, 0.05) is 11.9 Å². The third-order valence-corrected chi connectivity index (χ3v) is 2.81. The Kier molecular flexibility index (Phi) is 3.52. The highest BCUT2D eigenvalue weighted by atomic mass is 15.2. The fraction of sp³-hybridized carbons (Fsp3) is 0.214. The SMILES string of the molecule is Cc1cccc(C(NN)c2ccc(C)nc2)c1. The Bertz CT molecular complexity index is 491. The number of hydrogen-bond acceptors (Lipinski definition) is 3. The van der Waals surface area contributed by atoms with Gasteiger partial charge >= 0.3 is 0 Å². The van der Waals surface area contributed by atoms with Crippen LogP contribution < -0.4 is 11.3 Å². The minimum absolute atomic E-state index is 0.0111. The highest BCUT2D eigenvalue weighted by Crippen LogP contribution is 2.21. The first-order valence-electron chi connectivity index (χ1n) is 5.66. The van der Waals surface area contributed by atoms with Crippen LogP contribution in [-0.4, -0.2) is 4.98 Å². The third-order valence-electron chi connectivity index (χ3n) is 2.81. The summed E-state index contributed by atoms with van der Waals surface area (Å²) >= 11 is 0. The van der Waals surface area contributed by atoms with E-state index in [0.29, 0.717) is 0 Å². The number of pyridine rings is 1. The summed E-state index contributed by atoms with van der Waals surface area (Å²) in [5.74, 6) is 5.65. The molecule has 88 valence electrons. The van der Waals surface area contributed by atoms with Crippen LogP contribution in [0, 0.1) is 13.8 Å². The Morgan fingerprint density at radius 1 is 1.12 bits per heavy atom. The molecule has 0 saturated heterocycles.